The third-order valence-corrected chi connectivity index (χ3v) is 4.59. The van der Waals surface area contributed by atoms with Crippen LogP contribution in [0.3, 0.4) is 0 Å². The van der Waals surface area contributed by atoms with E-state index in [-0.39, 0.29) is 17.3 Å². The molecule has 0 N–H and O–H groups in total. The fraction of sp³-hybridized carbons (Fsp3) is 0.588. The van der Waals surface area contributed by atoms with Crippen molar-refractivity contribution in [2.24, 2.45) is 0 Å². The summed E-state index contributed by atoms with van der Waals surface area (Å²) in [7, 11) is -1.22. The van der Waals surface area contributed by atoms with Gasteiger partial charge >= 0.3 is 0 Å². The van der Waals surface area contributed by atoms with Gasteiger partial charge in [0.15, 0.2) is 14.8 Å². The summed E-state index contributed by atoms with van der Waals surface area (Å²) in [4.78, 5) is 12.5. The van der Waals surface area contributed by atoms with Gasteiger partial charge in [0.2, 0.25) is 0 Å². The van der Waals surface area contributed by atoms with Crippen molar-refractivity contribution in [3.63, 3.8) is 0 Å². The standard InChI is InChI=1S/C17H26O3Si/c1-7-19-14-8-11-9-15(20-21(5)6)16(18)12(11)10-13(14)17(2,3)4/h8,10,15,21H,7,9H2,1-6H3. The SMILES string of the molecule is CCOc1cc2c(cc1C(C)(C)C)C(=O)C(O[SiH](C)C)C2. The Hall–Kier alpha value is -1.13. The maximum absolute atomic E-state index is 12.5. The van der Waals surface area contributed by atoms with Gasteiger partial charge in [-0.25, -0.2) is 0 Å². The van der Waals surface area contributed by atoms with E-state index < -0.39 is 9.04 Å². The first kappa shape index (κ1) is 16.2. The van der Waals surface area contributed by atoms with E-state index in [0.29, 0.717) is 13.0 Å². The van der Waals surface area contributed by atoms with E-state index >= 15 is 0 Å². The Kier molecular flexibility index (Phi) is 4.59. The van der Waals surface area contributed by atoms with Gasteiger partial charge in [0.05, 0.1) is 6.61 Å². The number of Topliss-reactive ketones (excluding diaryl/α,β-unsaturated/α-hetero) is 1. The number of rotatable bonds is 4. The Balaban J connectivity index is 2.43. The molecule has 0 fully saturated rings. The first-order valence-corrected chi connectivity index (χ1v) is 10.5. The second-order valence-corrected chi connectivity index (χ2v) is 9.30. The zero-order valence-electron chi connectivity index (χ0n) is 13.9. The van der Waals surface area contributed by atoms with Crippen LogP contribution in [0.5, 0.6) is 5.75 Å². The van der Waals surface area contributed by atoms with Crippen molar-refractivity contribution >= 4 is 14.8 Å². The predicted molar refractivity (Wildman–Crippen MR) is 88.1 cm³/mol. The number of ketones is 1. The molecule has 4 heteroatoms. The minimum atomic E-state index is -1.22. The lowest BCUT2D eigenvalue weighted by atomic mass is 9.84. The summed E-state index contributed by atoms with van der Waals surface area (Å²) < 4.78 is 11.7. The van der Waals surface area contributed by atoms with Gasteiger partial charge in [-0.05, 0) is 43.1 Å². The molecule has 0 spiro atoms. The Morgan fingerprint density at radius 3 is 2.48 bits per heavy atom. The molecule has 0 radical (unpaired) electrons. The van der Waals surface area contributed by atoms with Crippen LogP contribution in [0.2, 0.25) is 13.1 Å². The molecule has 0 saturated heterocycles. The van der Waals surface area contributed by atoms with Gasteiger partial charge in [-0.3, -0.25) is 4.79 Å². The maximum Gasteiger partial charge on any atom is 0.190 e. The van der Waals surface area contributed by atoms with Gasteiger partial charge in [0, 0.05) is 17.5 Å². The van der Waals surface area contributed by atoms with E-state index in [9.17, 15) is 4.79 Å². The lowest BCUT2D eigenvalue weighted by Gasteiger charge is -2.23. The average molecular weight is 306 g/mol. The monoisotopic (exact) mass is 306 g/mol. The summed E-state index contributed by atoms with van der Waals surface area (Å²) >= 11 is 0. The number of carbonyl (C=O) groups is 1. The molecule has 0 saturated carbocycles. The van der Waals surface area contributed by atoms with Gasteiger partial charge in [-0.15, -0.1) is 0 Å². The molecule has 1 aromatic carbocycles. The largest absolute Gasteiger partial charge is 0.494 e. The molecular formula is C17H26O3Si. The Bertz CT molecular complexity index is 544. The molecule has 1 aliphatic carbocycles. The van der Waals surface area contributed by atoms with Gasteiger partial charge in [0.1, 0.15) is 11.9 Å². The lowest BCUT2D eigenvalue weighted by Crippen LogP contribution is -2.26. The molecule has 0 bridgehead atoms. The zero-order chi connectivity index (χ0) is 15.8. The van der Waals surface area contributed by atoms with E-state index in [4.69, 9.17) is 9.16 Å². The number of hydrogen-bond acceptors (Lipinski definition) is 3. The number of fused-ring (bicyclic) bond motifs is 1. The molecule has 116 valence electrons. The molecule has 0 aromatic heterocycles. The normalized spacial score (nSPS) is 18.2. The van der Waals surface area contributed by atoms with Gasteiger partial charge in [-0.1, -0.05) is 20.8 Å². The van der Waals surface area contributed by atoms with Crippen LogP contribution < -0.4 is 4.74 Å². The Morgan fingerprint density at radius 1 is 1.29 bits per heavy atom. The van der Waals surface area contributed by atoms with Crippen LogP contribution in [0, 0.1) is 0 Å². The molecule has 2 rings (SSSR count). The third-order valence-electron chi connectivity index (χ3n) is 3.71. The van der Waals surface area contributed by atoms with Crippen molar-refractivity contribution in [1.82, 2.24) is 0 Å². The fourth-order valence-electron chi connectivity index (χ4n) is 2.79. The summed E-state index contributed by atoms with van der Waals surface area (Å²) in [6.45, 7) is 13.3. The van der Waals surface area contributed by atoms with Crippen molar-refractivity contribution < 1.29 is 14.0 Å². The molecule has 0 aliphatic heterocycles. The second kappa shape index (κ2) is 5.93. The Morgan fingerprint density at radius 2 is 1.95 bits per heavy atom. The minimum Gasteiger partial charge on any atom is -0.494 e. The van der Waals surface area contributed by atoms with Crippen molar-refractivity contribution in [1.29, 1.82) is 0 Å². The highest BCUT2D eigenvalue weighted by Gasteiger charge is 2.34. The molecule has 3 nitrogen and oxygen atoms in total. The maximum atomic E-state index is 12.5. The van der Waals surface area contributed by atoms with Crippen molar-refractivity contribution in [2.75, 3.05) is 6.61 Å². The van der Waals surface area contributed by atoms with E-state index in [0.717, 1.165) is 22.4 Å². The summed E-state index contributed by atoms with van der Waals surface area (Å²) in [6.07, 6.45) is 0.403. The minimum absolute atomic E-state index is 0.0500. The quantitative estimate of drug-likeness (QED) is 0.799. The highest BCUT2D eigenvalue weighted by atomic mass is 28.3. The molecule has 1 atom stereocenters. The number of hydrogen-bond donors (Lipinski definition) is 0. The van der Waals surface area contributed by atoms with Crippen LogP contribution in [0.4, 0.5) is 0 Å². The highest BCUT2D eigenvalue weighted by Crippen LogP contribution is 2.37. The molecule has 0 amide bonds. The van der Waals surface area contributed by atoms with Crippen molar-refractivity contribution in [3.8, 4) is 5.75 Å². The first-order chi connectivity index (χ1) is 9.74. The van der Waals surface area contributed by atoms with E-state index in [1.165, 1.54) is 0 Å². The van der Waals surface area contributed by atoms with E-state index in [1.807, 2.05) is 19.1 Å². The highest BCUT2D eigenvalue weighted by molar-refractivity contribution is 6.48. The summed E-state index contributed by atoms with van der Waals surface area (Å²) in [5.74, 6) is 1.04. The smallest absolute Gasteiger partial charge is 0.190 e. The van der Waals surface area contributed by atoms with Gasteiger partial charge in [-0.2, -0.15) is 0 Å². The van der Waals surface area contributed by atoms with Gasteiger partial charge < -0.3 is 9.16 Å². The molecule has 21 heavy (non-hydrogen) atoms. The first-order valence-electron chi connectivity index (χ1n) is 7.74. The molecule has 1 aromatic rings. The average Bonchev–Trinajstić information content (AvgIpc) is 2.63. The predicted octanol–water partition coefficient (Wildman–Crippen LogP) is 3.49. The molecular weight excluding hydrogens is 280 g/mol. The zero-order valence-corrected chi connectivity index (χ0v) is 15.1. The number of benzene rings is 1. The van der Waals surface area contributed by atoms with Crippen molar-refractivity contribution in [3.05, 3.63) is 28.8 Å². The second-order valence-electron chi connectivity index (χ2n) is 6.93. The van der Waals surface area contributed by atoms with E-state index in [2.05, 4.69) is 33.9 Å². The summed E-state index contributed by atoms with van der Waals surface area (Å²) in [6, 6.07) is 4.07. The summed E-state index contributed by atoms with van der Waals surface area (Å²) in [5.41, 5.74) is 2.93. The summed E-state index contributed by atoms with van der Waals surface area (Å²) in [5, 5.41) is 0. The Labute approximate surface area is 129 Å². The third kappa shape index (κ3) is 3.38. The van der Waals surface area contributed by atoms with Gasteiger partial charge in [0.25, 0.3) is 0 Å². The lowest BCUT2D eigenvalue weighted by molar-refractivity contribution is 0.0820. The number of carbonyl (C=O) groups excluding carboxylic acids is 1. The van der Waals surface area contributed by atoms with E-state index in [1.54, 1.807) is 0 Å². The molecule has 1 aliphatic rings. The molecule has 0 heterocycles. The number of ether oxygens (including phenoxy) is 1. The van der Waals surface area contributed by atoms with Crippen LogP contribution in [-0.2, 0) is 16.3 Å². The molecule has 1 unspecified atom stereocenters. The van der Waals surface area contributed by atoms with Crippen molar-refractivity contribution in [2.45, 2.75) is 58.7 Å². The topological polar surface area (TPSA) is 35.5 Å². The van der Waals surface area contributed by atoms with Crippen LogP contribution >= 0.6 is 0 Å². The van der Waals surface area contributed by atoms with Crippen LogP contribution in [0.1, 0.15) is 49.2 Å². The van der Waals surface area contributed by atoms with Crippen LogP contribution in [0.15, 0.2) is 12.1 Å². The fourth-order valence-corrected chi connectivity index (χ4v) is 3.66. The van der Waals surface area contributed by atoms with Crippen LogP contribution in [-0.4, -0.2) is 27.5 Å². The van der Waals surface area contributed by atoms with Crippen LogP contribution in [0.25, 0.3) is 0 Å².